The molecule has 0 radical (unpaired) electrons. The van der Waals surface area contributed by atoms with E-state index in [4.69, 9.17) is 23.2 Å². The Morgan fingerprint density at radius 2 is 1.77 bits per heavy atom. The number of hydrogen-bond acceptors (Lipinski definition) is 3. The van der Waals surface area contributed by atoms with Gasteiger partial charge in [0.2, 0.25) is 5.91 Å². The lowest BCUT2D eigenvalue weighted by molar-refractivity contribution is -0.115. The van der Waals surface area contributed by atoms with Crippen molar-refractivity contribution in [2.75, 3.05) is 36.4 Å². The van der Waals surface area contributed by atoms with E-state index in [0.717, 1.165) is 30.8 Å². The Morgan fingerprint density at radius 3 is 2.46 bits per heavy atom. The molecule has 2 aromatic carbocycles. The van der Waals surface area contributed by atoms with Gasteiger partial charge in [-0.05, 0) is 67.8 Å². The maximum Gasteiger partial charge on any atom is 0.238 e. The maximum atomic E-state index is 12.0. The fourth-order valence-electron chi connectivity index (χ4n) is 3.09. The molecule has 0 spiro atoms. The molecule has 1 saturated heterocycles. The van der Waals surface area contributed by atoms with Gasteiger partial charge in [0.05, 0.1) is 6.54 Å². The number of hydrogen-bond donors (Lipinski definition) is 2. The van der Waals surface area contributed by atoms with Crippen LogP contribution in [0.15, 0.2) is 42.5 Å². The van der Waals surface area contributed by atoms with Crippen LogP contribution in [-0.4, -0.2) is 32.1 Å². The molecule has 0 aliphatic carbocycles. The quantitative estimate of drug-likeness (QED) is 0.688. The molecule has 2 aromatic rings. The number of halogens is 2. The second kappa shape index (κ2) is 9.26. The molecule has 1 fully saturated rings. The molecule has 1 heterocycles. The zero-order valence-electron chi connectivity index (χ0n) is 14.6. The molecule has 3 rings (SSSR count). The Balaban J connectivity index is 1.39. The van der Waals surface area contributed by atoms with Gasteiger partial charge in [0.25, 0.3) is 0 Å². The zero-order chi connectivity index (χ0) is 18.4. The number of carbonyl (C=O) groups is 1. The fraction of sp³-hybridized carbons (Fsp3) is 0.350. The zero-order valence-corrected chi connectivity index (χ0v) is 16.1. The van der Waals surface area contributed by atoms with Crippen molar-refractivity contribution in [1.82, 2.24) is 5.32 Å². The largest absolute Gasteiger partial charge is 0.372 e. The average molecular weight is 392 g/mol. The molecular weight excluding hydrogens is 369 g/mol. The highest BCUT2D eigenvalue weighted by atomic mass is 35.5. The van der Waals surface area contributed by atoms with Crippen molar-refractivity contribution in [3.63, 3.8) is 0 Å². The summed E-state index contributed by atoms with van der Waals surface area (Å²) in [7, 11) is 0. The molecule has 2 N–H and O–H groups in total. The minimum absolute atomic E-state index is 0.0545. The van der Waals surface area contributed by atoms with E-state index >= 15 is 0 Å². The van der Waals surface area contributed by atoms with Crippen LogP contribution < -0.4 is 15.5 Å². The van der Waals surface area contributed by atoms with Gasteiger partial charge >= 0.3 is 0 Å². The SMILES string of the molecule is O=C(CNCCc1ccc(Cl)cc1Cl)Nc1ccc(N2CCCC2)cc1. The van der Waals surface area contributed by atoms with Crippen molar-refractivity contribution < 1.29 is 4.79 Å². The topological polar surface area (TPSA) is 44.4 Å². The number of nitrogens with zero attached hydrogens (tertiary/aromatic N) is 1. The summed E-state index contributed by atoms with van der Waals surface area (Å²) in [6, 6.07) is 13.5. The normalized spacial score (nSPS) is 13.8. The van der Waals surface area contributed by atoms with Gasteiger partial charge in [-0.3, -0.25) is 4.79 Å². The third kappa shape index (κ3) is 5.37. The Hall–Kier alpha value is -1.75. The Bertz CT molecular complexity index is 743. The number of benzene rings is 2. The molecule has 0 saturated carbocycles. The molecule has 0 aromatic heterocycles. The Labute approximate surface area is 164 Å². The summed E-state index contributed by atoms with van der Waals surface area (Å²) in [5.74, 6) is -0.0545. The van der Waals surface area contributed by atoms with Crippen LogP contribution in [0.4, 0.5) is 11.4 Å². The van der Waals surface area contributed by atoms with E-state index in [2.05, 4.69) is 27.7 Å². The monoisotopic (exact) mass is 391 g/mol. The van der Waals surface area contributed by atoms with E-state index in [1.165, 1.54) is 18.5 Å². The molecule has 0 unspecified atom stereocenters. The third-order valence-corrected chi connectivity index (χ3v) is 5.08. The predicted octanol–water partition coefficient (Wildman–Crippen LogP) is 4.36. The van der Waals surface area contributed by atoms with Crippen molar-refractivity contribution in [1.29, 1.82) is 0 Å². The second-order valence-electron chi connectivity index (χ2n) is 6.45. The van der Waals surface area contributed by atoms with Crippen LogP contribution in [0.25, 0.3) is 0 Å². The highest BCUT2D eigenvalue weighted by molar-refractivity contribution is 6.35. The third-order valence-electron chi connectivity index (χ3n) is 4.49. The summed E-state index contributed by atoms with van der Waals surface area (Å²) in [4.78, 5) is 14.4. The number of rotatable bonds is 7. The first-order valence-corrected chi connectivity index (χ1v) is 9.67. The number of nitrogens with one attached hydrogen (secondary N) is 2. The summed E-state index contributed by atoms with van der Waals surface area (Å²) >= 11 is 12.0. The standard InChI is InChI=1S/C20H23Cl2N3O/c21-16-4-3-15(19(22)13-16)9-10-23-14-20(26)24-17-5-7-18(8-6-17)25-11-1-2-12-25/h3-8,13,23H,1-2,9-12,14H2,(H,24,26). The summed E-state index contributed by atoms with van der Waals surface area (Å²) in [5, 5.41) is 7.33. The van der Waals surface area contributed by atoms with Gasteiger partial charge in [0.1, 0.15) is 0 Å². The van der Waals surface area contributed by atoms with Crippen molar-refractivity contribution in [3.8, 4) is 0 Å². The van der Waals surface area contributed by atoms with Crippen LogP contribution in [-0.2, 0) is 11.2 Å². The van der Waals surface area contributed by atoms with Crippen LogP contribution in [0, 0.1) is 0 Å². The van der Waals surface area contributed by atoms with Gasteiger partial charge in [-0.1, -0.05) is 29.3 Å². The van der Waals surface area contributed by atoms with E-state index in [1.807, 2.05) is 24.3 Å². The summed E-state index contributed by atoms with van der Waals surface area (Å²) in [6.45, 7) is 3.17. The van der Waals surface area contributed by atoms with Crippen molar-refractivity contribution in [3.05, 3.63) is 58.1 Å². The molecule has 0 bridgehead atoms. The van der Waals surface area contributed by atoms with Gasteiger partial charge in [0.15, 0.2) is 0 Å². The highest BCUT2D eigenvalue weighted by Gasteiger charge is 2.12. The smallest absolute Gasteiger partial charge is 0.238 e. The molecule has 0 atom stereocenters. The molecule has 26 heavy (non-hydrogen) atoms. The summed E-state index contributed by atoms with van der Waals surface area (Å²) < 4.78 is 0. The second-order valence-corrected chi connectivity index (χ2v) is 7.30. The lowest BCUT2D eigenvalue weighted by Crippen LogP contribution is -2.29. The van der Waals surface area contributed by atoms with Gasteiger partial charge in [-0.25, -0.2) is 0 Å². The fourth-order valence-corrected chi connectivity index (χ4v) is 3.59. The Kier molecular flexibility index (Phi) is 6.78. The van der Waals surface area contributed by atoms with E-state index in [0.29, 0.717) is 16.6 Å². The van der Waals surface area contributed by atoms with Crippen molar-refractivity contribution in [2.45, 2.75) is 19.3 Å². The molecule has 4 nitrogen and oxygen atoms in total. The van der Waals surface area contributed by atoms with Gasteiger partial charge in [-0.15, -0.1) is 0 Å². The molecule has 1 aliphatic rings. The average Bonchev–Trinajstić information content (AvgIpc) is 3.15. The van der Waals surface area contributed by atoms with Gasteiger partial charge in [-0.2, -0.15) is 0 Å². The first-order chi connectivity index (χ1) is 12.6. The van der Waals surface area contributed by atoms with Gasteiger partial charge in [0, 0.05) is 34.5 Å². The molecule has 6 heteroatoms. The number of anilines is 2. The summed E-state index contributed by atoms with van der Waals surface area (Å²) in [5.41, 5.74) is 3.06. The molecule has 1 aliphatic heterocycles. The van der Waals surface area contributed by atoms with E-state index in [-0.39, 0.29) is 12.5 Å². The van der Waals surface area contributed by atoms with Crippen molar-refractivity contribution in [2.24, 2.45) is 0 Å². The number of amides is 1. The minimum Gasteiger partial charge on any atom is -0.372 e. The van der Waals surface area contributed by atoms with Crippen LogP contribution in [0.5, 0.6) is 0 Å². The first kappa shape index (κ1) is 19.0. The summed E-state index contributed by atoms with van der Waals surface area (Å²) in [6.07, 6.45) is 3.25. The highest BCUT2D eigenvalue weighted by Crippen LogP contribution is 2.22. The predicted molar refractivity (Wildman–Crippen MR) is 110 cm³/mol. The van der Waals surface area contributed by atoms with Crippen LogP contribution >= 0.6 is 23.2 Å². The van der Waals surface area contributed by atoms with Crippen molar-refractivity contribution >= 4 is 40.5 Å². The minimum atomic E-state index is -0.0545. The maximum absolute atomic E-state index is 12.0. The van der Waals surface area contributed by atoms with Crippen LogP contribution in [0.3, 0.4) is 0 Å². The van der Waals surface area contributed by atoms with Gasteiger partial charge < -0.3 is 15.5 Å². The van der Waals surface area contributed by atoms with Crippen LogP contribution in [0.1, 0.15) is 18.4 Å². The lowest BCUT2D eigenvalue weighted by atomic mass is 10.1. The first-order valence-electron chi connectivity index (χ1n) is 8.91. The lowest BCUT2D eigenvalue weighted by Gasteiger charge is -2.17. The van der Waals surface area contributed by atoms with E-state index in [9.17, 15) is 4.79 Å². The number of carbonyl (C=O) groups excluding carboxylic acids is 1. The van der Waals surface area contributed by atoms with Crippen LogP contribution in [0.2, 0.25) is 10.0 Å². The molecule has 138 valence electrons. The van der Waals surface area contributed by atoms with E-state index < -0.39 is 0 Å². The molecular formula is C20H23Cl2N3O. The Morgan fingerprint density at radius 1 is 1.04 bits per heavy atom. The molecule has 1 amide bonds. The van der Waals surface area contributed by atoms with E-state index in [1.54, 1.807) is 6.07 Å².